The van der Waals surface area contributed by atoms with Gasteiger partial charge in [-0.2, -0.15) is 0 Å². The second-order valence-electron chi connectivity index (χ2n) is 6.79. The number of anilines is 2. The molecule has 0 bridgehead atoms. The number of carbonyl (C=O) groups excluding carboxylic acids is 2. The lowest BCUT2D eigenvalue weighted by atomic mass is 9.85. The van der Waals surface area contributed by atoms with Crippen LogP contribution >= 0.6 is 0 Å². The zero-order valence-corrected chi connectivity index (χ0v) is 14.5. The fourth-order valence-corrected chi connectivity index (χ4v) is 2.90. The van der Waals surface area contributed by atoms with E-state index in [1.165, 1.54) is 0 Å². The lowest BCUT2D eigenvalue weighted by Crippen LogP contribution is -2.34. The number of nitrogens with one attached hydrogen (secondary N) is 2. The molecule has 2 atom stereocenters. The molecule has 1 aliphatic rings. The monoisotopic (exact) mass is 332 g/mol. The highest BCUT2D eigenvalue weighted by atomic mass is 16.2. The zero-order chi connectivity index (χ0) is 17.5. The predicted octanol–water partition coefficient (Wildman–Crippen LogP) is 2.03. The molecular weight excluding hydrogens is 304 g/mol. The first kappa shape index (κ1) is 18.4. The van der Waals surface area contributed by atoms with Crippen LogP contribution in [-0.4, -0.2) is 43.4 Å². The Morgan fingerprint density at radius 1 is 1.12 bits per heavy atom. The molecule has 2 amide bonds. The van der Waals surface area contributed by atoms with Gasteiger partial charge < -0.3 is 21.3 Å². The number of carbonyl (C=O) groups is 2. The van der Waals surface area contributed by atoms with Crippen LogP contribution < -0.4 is 16.4 Å². The van der Waals surface area contributed by atoms with E-state index in [2.05, 4.69) is 10.6 Å². The van der Waals surface area contributed by atoms with Crippen LogP contribution in [0.3, 0.4) is 0 Å². The van der Waals surface area contributed by atoms with Gasteiger partial charge in [-0.05, 0) is 57.6 Å². The summed E-state index contributed by atoms with van der Waals surface area (Å²) in [7, 11) is 3.87. The lowest BCUT2D eigenvalue weighted by Gasteiger charge is -2.25. The van der Waals surface area contributed by atoms with Gasteiger partial charge in [0, 0.05) is 36.3 Å². The van der Waals surface area contributed by atoms with Crippen molar-refractivity contribution < 1.29 is 9.59 Å². The summed E-state index contributed by atoms with van der Waals surface area (Å²) in [5, 5.41) is 5.79. The summed E-state index contributed by atoms with van der Waals surface area (Å²) < 4.78 is 0. The summed E-state index contributed by atoms with van der Waals surface area (Å²) >= 11 is 0. The Bertz CT molecular complexity index is 557. The third-order valence-electron chi connectivity index (χ3n) is 4.31. The van der Waals surface area contributed by atoms with Crippen LogP contribution in [0.2, 0.25) is 0 Å². The van der Waals surface area contributed by atoms with E-state index in [1.807, 2.05) is 31.1 Å². The minimum Gasteiger partial charge on any atom is -0.328 e. The van der Waals surface area contributed by atoms with Gasteiger partial charge in [-0.25, -0.2) is 0 Å². The molecule has 6 nitrogen and oxygen atoms in total. The molecule has 0 heterocycles. The Labute approximate surface area is 143 Å². The molecule has 0 radical (unpaired) electrons. The van der Waals surface area contributed by atoms with Gasteiger partial charge in [-0.3, -0.25) is 9.59 Å². The summed E-state index contributed by atoms with van der Waals surface area (Å²) in [6.07, 6.45) is 4.13. The van der Waals surface area contributed by atoms with Crippen LogP contribution in [-0.2, 0) is 9.59 Å². The number of benzene rings is 1. The van der Waals surface area contributed by atoms with Gasteiger partial charge in [-0.15, -0.1) is 0 Å². The number of hydrogen-bond donors (Lipinski definition) is 3. The van der Waals surface area contributed by atoms with Crippen LogP contribution in [0.25, 0.3) is 0 Å². The fraction of sp³-hybridized carbons (Fsp3) is 0.556. The number of nitrogens with zero attached hydrogens (tertiary/aromatic N) is 1. The molecule has 0 aliphatic heterocycles. The lowest BCUT2D eigenvalue weighted by molar-refractivity contribution is -0.121. The van der Waals surface area contributed by atoms with E-state index in [4.69, 9.17) is 5.73 Å². The summed E-state index contributed by atoms with van der Waals surface area (Å²) in [4.78, 5) is 26.0. The van der Waals surface area contributed by atoms with Crippen molar-refractivity contribution in [3.05, 3.63) is 24.3 Å². The van der Waals surface area contributed by atoms with Crippen LogP contribution in [0.5, 0.6) is 0 Å². The van der Waals surface area contributed by atoms with Gasteiger partial charge in [-0.1, -0.05) is 6.42 Å². The van der Waals surface area contributed by atoms with Crippen LogP contribution in [0.4, 0.5) is 11.4 Å². The molecule has 0 aromatic heterocycles. The third kappa shape index (κ3) is 5.94. The molecule has 1 saturated carbocycles. The first-order chi connectivity index (χ1) is 11.4. The van der Waals surface area contributed by atoms with Crippen molar-refractivity contribution in [2.75, 3.05) is 31.3 Å². The minimum absolute atomic E-state index is 0.000775. The average molecular weight is 332 g/mol. The van der Waals surface area contributed by atoms with Crippen molar-refractivity contribution in [2.45, 2.75) is 38.1 Å². The van der Waals surface area contributed by atoms with E-state index < -0.39 is 0 Å². The highest BCUT2D eigenvalue weighted by Gasteiger charge is 2.25. The van der Waals surface area contributed by atoms with Gasteiger partial charge in [0.1, 0.15) is 0 Å². The van der Waals surface area contributed by atoms with Crippen molar-refractivity contribution in [1.29, 1.82) is 0 Å². The van der Waals surface area contributed by atoms with Crippen molar-refractivity contribution in [2.24, 2.45) is 11.7 Å². The smallest absolute Gasteiger partial charge is 0.227 e. The maximum Gasteiger partial charge on any atom is 0.227 e. The first-order valence-corrected chi connectivity index (χ1v) is 8.55. The Morgan fingerprint density at radius 3 is 2.33 bits per heavy atom. The van der Waals surface area contributed by atoms with Gasteiger partial charge >= 0.3 is 0 Å². The first-order valence-electron chi connectivity index (χ1n) is 8.55. The van der Waals surface area contributed by atoms with E-state index in [9.17, 15) is 9.59 Å². The Hall–Kier alpha value is -1.92. The van der Waals surface area contributed by atoms with E-state index in [1.54, 1.807) is 12.1 Å². The van der Waals surface area contributed by atoms with Crippen molar-refractivity contribution in [1.82, 2.24) is 4.90 Å². The van der Waals surface area contributed by atoms with Gasteiger partial charge in [0.2, 0.25) is 11.8 Å². The Balaban J connectivity index is 1.83. The van der Waals surface area contributed by atoms with E-state index >= 15 is 0 Å². The maximum absolute atomic E-state index is 12.3. The Kier molecular flexibility index (Phi) is 6.75. The van der Waals surface area contributed by atoms with Gasteiger partial charge in [0.25, 0.3) is 0 Å². The molecule has 1 aromatic carbocycles. The standard InChI is InChI=1S/C18H28N4O2/c1-22(2)11-10-17(23)20-15-6-8-16(9-7-15)21-18(24)13-4-3-5-14(19)12-13/h6-9,13-14H,3-5,10-12,19H2,1-2H3,(H,20,23)(H,21,24). The minimum atomic E-state index is -0.0170. The quantitative estimate of drug-likeness (QED) is 0.744. The molecule has 4 N–H and O–H groups in total. The largest absolute Gasteiger partial charge is 0.328 e. The predicted molar refractivity (Wildman–Crippen MR) is 96.8 cm³/mol. The fourth-order valence-electron chi connectivity index (χ4n) is 2.90. The number of nitrogens with two attached hydrogens (primary N) is 1. The number of rotatable bonds is 6. The average Bonchev–Trinajstić information content (AvgIpc) is 2.55. The topological polar surface area (TPSA) is 87.5 Å². The molecule has 1 aliphatic carbocycles. The van der Waals surface area contributed by atoms with E-state index in [-0.39, 0.29) is 23.8 Å². The number of hydrogen-bond acceptors (Lipinski definition) is 4. The second kappa shape index (κ2) is 8.80. The third-order valence-corrected chi connectivity index (χ3v) is 4.31. The molecule has 6 heteroatoms. The normalized spacial score (nSPS) is 20.7. The summed E-state index contributed by atoms with van der Waals surface area (Å²) in [5.41, 5.74) is 7.42. The summed E-state index contributed by atoms with van der Waals surface area (Å²) in [6.45, 7) is 0.712. The van der Waals surface area contributed by atoms with Crippen LogP contribution in [0, 0.1) is 5.92 Å². The molecule has 1 fully saturated rings. The number of amides is 2. The van der Waals surface area contributed by atoms with Crippen molar-refractivity contribution in [3.8, 4) is 0 Å². The summed E-state index contributed by atoms with van der Waals surface area (Å²) in [5.74, 6) is 0.0174. The molecule has 2 rings (SSSR count). The highest BCUT2D eigenvalue weighted by molar-refractivity contribution is 5.94. The molecule has 1 aromatic rings. The summed E-state index contributed by atoms with van der Waals surface area (Å²) in [6, 6.07) is 7.35. The van der Waals surface area contributed by atoms with Crippen LogP contribution in [0.15, 0.2) is 24.3 Å². The molecule has 0 saturated heterocycles. The van der Waals surface area contributed by atoms with E-state index in [0.29, 0.717) is 13.0 Å². The van der Waals surface area contributed by atoms with Gasteiger partial charge in [0.15, 0.2) is 0 Å². The van der Waals surface area contributed by atoms with Crippen LogP contribution in [0.1, 0.15) is 32.1 Å². The van der Waals surface area contributed by atoms with Gasteiger partial charge in [0.05, 0.1) is 0 Å². The highest BCUT2D eigenvalue weighted by Crippen LogP contribution is 2.24. The second-order valence-corrected chi connectivity index (χ2v) is 6.79. The zero-order valence-electron chi connectivity index (χ0n) is 14.5. The maximum atomic E-state index is 12.3. The molecule has 0 spiro atoms. The Morgan fingerprint density at radius 2 is 1.75 bits per heavy atom. The van der Waals surface area contributed by atoms with Crippen molar-refractivity contribution >= 4 is 23.2 Å². The molecule has 2 unspecified atom stereocenters. The van der Waals surface area contributed by atoms with Crippen molar-refractivity contribution in [3.63, 3.8) is 0 Å². The molecule has 132 valence electrons. The molecule has 24 heavy (non-hydrogen) atoms. The molecular formula is C18H28N4O2. The SMILES string of the molecule is CN(C)CCC(=O)Nc1ccc(NC(=O)C2CCCC(N)C2)cc1. The van der Waals surface area contributed by atoms with E-state index in [0.717, 1.165) is 37.1 Å².